The van der Waals surface area contributed by atoms with Crippen molar-refractivity contribution in [1.29, 1.82) is 0 Å². The fourth-order valence-corrected chi connectivity index (χ4v) is 3.37. The second-order valence-electron chi connectivity index (χ2n) is 6.75. The Morgan fingerprint density at radius 1 is 0.966 bits per heavy atom. The van der Waals surface area contributed by atoms with E-state index < -0.39 is 17.1 Å². The lowest BCUT2D eigenvalue weighted by Crippen LogP contribution is -2.54. The molecule has 0 aliphatic carbocycles. The van der Waals surface area contributed by atoms with Gasteiger partial charge in [-0.25, -0.2) is 33.1 Å². The van der Waals surface area contributed by atoms with Gasteiger partial charge >= 0.3 is 17.1 Å². The van der Waals surface area contributed by atoms with Crippen molar-refractivity contribution in [3.8, 4) is 0 Å². The van der Waals surface area contributed by atoms with E-state index in [0.717, 1.165) is 35.7 Å². The van der Waals surface area contributed by atoms with Crippen molar-refractivity contribution in [2.75, 3.05) is 0 Å². The van der Waals surface area contributed by atoms with Gasteiger partial charge in [0.05, 0.1) is 25.2 Å². The predicted octanol–water partition coefficient (Wildman–Crippen LogP) is 2.41. The normalized spacial score (nSPS) is 11.0. The Morgan fingerprint density at radius 3 is 2.07 bits per heavy atom. The van der Waals surface area contributed by atoms with Gasteiger partial charge in [-0.1, -0.05) is 35.9 Å². The van der Waals surface area contributed by atoms with Gasteiger partial charge < -0.3 is 0 Å². The Kier molecular flexibility index (Phi) is 5.70. The molecule has 8 heteroatoms. The Morgan fingerprint density at radius 2 is 1.52 bits per heavy atom. The van der Waals surface area contributed by atoms with Crippen molar-refractivity contribution in [3.63, 3.8) is 0 Å². The van der Waals surface area contributed by atoms with Gasteiger partial charge in [-0.3, -0.25) is 0 Å². The van der Waals surface area contributed by atoms with Crippen LogP contribution in [0.3, 0.4) is 0 Å². The molecule has 2 heterocycles. The summed E-state index contributed by atoms with van der Waals surface area (Å²) in [5.41, 5.74) is 1.23. The monoisotopic (exact) mass is 412 g/mol. The number of fused-ring (bicyclic) bond motifs is 1. The molecule has 0 bridgehead atoms. The standard InChI is InChI=1S/C21H21ClN4O3/c1-5-9-24-19(27)25(10-6-2)21(29)26(20(24)28)12-16-11-15-8-7-13(3)14(4)17(15)23-18(16)22/h5-8,11H,1-2,9-10,12H2,3-4H3. The Labute approximate surface area is 171 Å². The maximum atomic E-state index is 12.8. The van der Waals surface area contributed by atoms with Crippen LogP contribution in [0.1, 0.15) is 16.7 Å². The zero-order valence-corrected chi connectivity index (χ0v) is 17.1. The number of rotatable bonds is 6. The number of aromatic nitrogens is 4. The molecule has 0 aliphatic heterocycles. The van der Waals surface area contributed by atoms with Crippen molar-refractivity contribution >= 4 is 22.5 Å². The number of benzene rings is 1. The molecule has 7 nitrogen and oxygen atoms in total. The van der Waals surface area contributed by atoms with Crippen molar-refractivity contribution in [1.82, 2.24) is 18.7 Å². The molecule has 0 saturated carbocycles. The summed E-state index contributed by atoms with van der Waals surface area (Å²) in [6, 6.07) is 5.70. The van der Waals surface area contributed by atoms with E-state index in [0.29, 0.717) is 5.56 Å². The minimum atomic E-state index is -0.725. The first-order valence-corrected chi connectivity index (χ1v) is 9.39. The van der Waals surface area contributed by atoms with Crippen molar-refractivity contribution in [3.05, 3.63) is 96.8 Å². The van der Waals surface area contributed by atoms with Crippen molar-refractivity contribution < 1.29 is 0 Å². The van der Waals surface area contributed by atoms with E-state index in [-0.39, 0.29) is 24.8 Å². The van der Waals surface area contributed by atoms with Crippen LogP contribution >= 0.6 is 11.6 Å². The summed E-state index contributed by atoms with van der Waals surface area (Å²) in [7, 11) is 0. The van der Waals surface area contributed by atoms with E-state index in [1.807, 2.05) is 32.0 Å². The van der Waals surface area contributed by atoms with E-state index in [1.165, 1.54) is 12.2 Å². The lowest BCUT2D eigenvalue weighted by atomic mass is 10.0. The summed E-state index contributed by atoms with van der Waals surface area (Å²) in [6.07, 6.45) is 2.84. The van der Waals surface area contributed by atoms with Gasteiger partial charge in [0.2, 0.25) is 0 Å². The number of hydrogen-bond donors (Lipinski definition) is 0. The number of halogens is 1. The van der Waals surface area contributed by atoms with Crippen LogP contribution in [0.25, 0.3) is 10.9 Å². The molecular weight excluding hydrogens is 392 g/mol. The maximum absolute atomic E-state index is 12.8. The molecule has 0 amide bonds. The van der Waals surface area contributed by atoms with E-state index in [9.17, 15) is 14.4 Å². The number of hydrogen-bond acceptors (Lipinski definition) is 4. The molecule has 0 saturated heterocycles. The van der Waals surface area contributed by atoms with E-state index >= 15 is 0 Å². The molecule has 3 rings (SSSR count). The Balaban J connectivity index is 2.24. The second-order valence-corrected chi connectivity index (χ2v) is 7.11. The zero-order valence-electron chi connectivity index (χ0n) is 16.3. The molecule has 0 radical (unpaired) electrons. The van der Waals surface area contributed by atoms with Gasteiger partial charge in [-0.15, -0.1) is 13.2 Å². The summed E-state index contributed by atoms with van der Waals surface area (Å²) in [6.45, 7) is 10.9. The molecule has 0 N–H and O–H groups in total. The third-order valence-electron chi connectivity index (χ3n) is 4.87. The maximum Gasteiger partial charge on any atom is 0.336 e. The van der Waals surface area contributed by atoms with Crippen molar-refractivity contribution in [2.45, 2.75) is 33.5 Å². The first-order valence-electron chi connectivity index (χ1n) is 9.01. The van der Waals surface area contributed by atoms with E-state index in [1.54, 1.807) is 0 Å². The second kappa shape index (κ2) is 8.05. The number of aryl methyl sites for hydroxylation is 2. The molecule has 3 aromatic rings. The van der Waals surface area contributed by atoms with Gasteiger partial charge in [0, 0.05) is 10.9 Å². The fraction of sp³-hybridized carbons (Fsp3) is 0.238. The molecule has 0 spiro atoms. The SMILES string of the molecule is C=CCn1c(=O)n(CC=C)c(=O)n(Cc2cc3ccc(C)c(C)c3nc2Cl)c1=O. The van der Waals surface area contributed by atoms with E-state index in [4.69, 9.17) is 11.6 Å². The Bertz CT molecular complexity index is 1270. The minimum Gasteiger partial charge on any atom is -0.247 e. The number of nitrogens with zero attached hydrogens (tertiary/aromatic N) is 4. The highest BCUT2D eigenvalue weighted by molar-refractivity contribution is 6.30. The topological polar surface area (TPSA) is 78.9 Å². The molecule has 2 aromatic heterocycles. The average Bonchev–Trinajstić information content (AvgIpc) is 2.69. The summed E-state index contributed by atoms with van der Waals surface area (Å²) < 4.78 is 2.88. The summed E-state index contributed by atoms with van der Waals surface area (Å²) in [4.78, 5) is 42.6. The highest BCUT2D eigenvalue weighted by Gasteiger charge is 2.16. The van der Waals surface area contributed by atoms with Crippen LogP contribution < -0.4 is 17.1 Å². The van der Waals surface area contributed by atoms with Gasteiger partial charge in [0.1, 0.15) is 5.15 Å². The van der Waals surface area contributed by atoms with Crippen LogP contribution in [0.15, 0.2) is 57.9 Å². The summed E-state index contributed by atoms with van der Waals surface area (Å²) >= 11 is 6.38. The third kappa shape index (κ3) is 3.61. The first-order chi connectivity index (χ1) is 13.8. The van der Waals surface area contributed by atoms with Crippen LogP contribution in [0.2, 0.25) is 5.15 Å². The highest BCUT2D eigenvalue weighted by Crippen LogP contribution is 2.25. The largest absolute Gasteiger partial charge is 0.336 e. The molecule has 0 aliphatic rings. The van der Waals surface area contributed by atoms with Crippen LogP contribution in [-0.4, -0.2) is 18.7 Å². The molecule has 0 fully saturated rings. The van der Waals surface area contributed by atoms with Crippen LogP contribution in [-0.2, 0) is 19.6 Å². The molecule has 0 atom stereocenters. The highest BCUT2D eigenvalue weighted by atomic mass is 35.5. The fourth-order valence-electron chi connectivity index (χ4n) is 3.17. The van der Waals surface area contributed by atoms with Gasteiger partial charge in [0.25, 0.3) is 0 Å². The molecule has 150 valence electrons. The quantitative estimate of drug-likeness (QED) is 0.460. The zero-order chi connectivity index (χ0) is 21.3. The van der Waals surface area contributed by atoms with Crippen LogP contribution in [0, 0.1) is 13.8 Å². The molecule has 0 unspecified atom stereocenters. The first kappa shape index (κ1) is 20.5. The molecule has 29 heavy (non-hydrogen) atoms. The third-order valence-corrected chi connectivity index (χ3v) is 5.20. The van der Waals surface area contributed by atoms with Crippen LogP contribution in [0.5, 0.6) is 0 Å². The predicted molar refractivity (Wildman–Crippen MR) is 115 cm³/mol. The molecular formula is C21H21ClN4O3. The van der Waals surface area contributed by atoms with Gasteiger partial charge in [0.15, 0.2) is 0 Å². The lowest BCUT2D eigenvalue weighted by Gasteiger charge is -2.14. The summed E-state index contributed by atoms with van der Waals surface area (Å²) in [5, 5.41) is 1.06. The molecule has 1 aromatic carbocycles. The van der Waals surface area contributed by atoms with E-state index in [2.05, 4.69) is 18.1 Å². The lowest BCUT2D eigenvalue weighted by molar-refractivity contribution is 0.498. The number of allylic oxidation sites excluding steroid dienone is 2. The van der Waals surface area contributed by atoms with Crippen LogP contribution in [0.4, 0.5) is 0 Å². The van der Waals surface area contributed by atoms with Gasteiger partial charge in [-0.05, 0) is 31.0 Å². The number of pyridine rings is 1. The Hall–Kier alpha value is -3.19. The summed E-state index contributed by atoms with van der Waals surface area (Å²) in [5.74, 6) is 0. The smallest absolute Gasteiger partial charge is 0.247 e. The van der Waals surface area contributed by atoms with Crippen molar-refractivity contribution in [2.24, 2.45) is 0 Å². The minimum absolute atomic E-state index is 0.0166. The van der Waals surface area contributed by atoms with Gasteiger partial charge in [-0.2, -0.15) is 0 Å². The average molecular weight is 413 g/mol.